The Morgan fingerprint density at radius 2 is 1.81 bits per heavy atom. The maximum Gasteiger partial charge on any atom is 0.160 e. The van der Waals surface area contributed by atoms with Crippen LogP contribution in [0.2, 0.25) is 0 Å². The fourth-order valence-electron chi connectivity index (χ4n) is 2.08. The molecule has 1 atom stereocenters. The molecular formula is C16H15BrClIO2. The molecule has 0 aliphatic heterocycles. The molecule has 0 amide bonds. The van der Waals surface area contributed by atoms with Crippen molar-refractivity contribution in [3.8, 4) is 11.5 Å². The normalized spacial score (nSPS) is 12.0. The van der Waals surface area contributed by atoms with Crippen LogP contribution in [-0.4, -0.2) is 14.2 Å². The molecule has 0 saturated heterocycles. The van der Waals surface area contributed by atoms with Crippen molar-refractivity contribution in [2.45, 2.75) is 11.8 Å². The second-order valence-electron chi connectivity index (χ2n) is 4.53. The van der Waals surface area contributed by atoms with E-state index in [9.17, 15) is 0 Å². The van der Waals surface area contributed by atoms with E-state index in [-0.39, 0.29) is 5.38 Å². The lowest BCUT2D eigenvalue weighted by atomic mass is 10.0. The smallest absolute Gasteiger partial charge is 0.160 e. The minimum atomic E-state index is -0.0903. The molecule has 0 aliphatic carbocycles. The van der Waals surface area contributed by atoms with Gasteiger partial charge in [-0.05, 0) is 70.5 Å². The van der Waals surface area contributed by atoms with Gasteiger partial charge >= 0.3 is 0 Å². The molecule has 2 nitrogen and oxygen atoms in total. The number of benzene rings is 2. The van der Waals surface area contributed by atoms with Crippen molar-refractivity contribution in [2.24, 2.45) is 0 Å². The van der Waals surface area contributed by atoms with Gasteiger partial charge in [-0.25, -0.2) is 0 Å². The Morgan fingerprint density at radius 3 is 2.48 bits per heavy atom. The van der Waals surface area contributed by atoms with Crippen LogP contribution in [0.25, 0.3) is 0 Å². The molecule has 21 heavy (non-hydrogen) atoms. The Kier molecular flexibility index (Phi) is 6.20. The number of methoxy groups -OCH3 is 2. The number of rotatable bonds is 5. The van der Waals surface area contributed by atoms with E-state index in [2.05, 4.69) is 50.7 Å². The predicted octanol–water partition coefficient (Wildman–Crippen LogP) is 5.59. The molecule has 2 aromatic rings. The summed E-state index contributed by atoms with van der Waals surface area (Å²) in [6.07, 6.45) is 0.731. The lowest BCUT2D eigenvalue weighted by molar-refractivity contribution is 0.354. The Bertz CT molecular complexity index is 634. The third-order valence-electron chi connectivity index (χ3n) is 3.16. The fraction of sp³-hybridized carbons (Fsp3) is 0.250. The number of hydrogen-bond donors (Lipinski definition) is 0. The second-order valence-corrected chi connectivity index (χ2v) is 7.13. The molecule has 112 valence electrons. The molecule has 0 bridgehead atoms. The van der Waals surface area contributed by atoms with Crippen molar-refractivity contribution in [1.82, 2.24) is 0 Å². The van der Waals surface area contributed by atoms with Crippen molar-refractivity contribution in [3.63, 3.8) is 0 Å². The number of ether oxygens (including phenoxy) is 2. The van der Waals surface area contributed by atoms with E-state index in [1.54, 1.807) is 14.2 Å². The zero-order chi connectivity index (χ0) is 15.4. The summed E-state index contributed by atoms with van der Waals surface area (Å²) in [5.74, 6) is 1.45. The SMILES string of the molecule is COc1ccc(CC(Cl)c2cc(Br)ccc2I)cc1OC. The van der Waals surface area contributed by atoms with Gasteiger partial charge in [-0.2, -0.15) is 0 Å². The van der Waals surface area contributed by atoms with E-state index in [1.165, 1.54) is 0 Å². The summed E-state index contributed by atoms with van der Waals surface area (Å²) < 4.78 is 12.8. The average Bonchev–Trinajstić information content (AvgIpc) is 2.49. The molecular weight excluding hydrogens is 466 g/mol. The van der Waals surface area contributed by atoms with Crippen LogP contribution in [0.5, 0.6) is 11.5 Å². The maximum absolute atomic E-state index is 6.59. The van der Waals surface area contributed by atoms with Crippen LogP contribution in [0.3, 0.4) is 0 Å². The molecule has 1 unspecified atom stereocenters. The summed E-state index contributed by atoms with van der Waals surface area (Å²) in [6, 6.07) is 12.0. The molecule has 5 heteroatoms. The van der Waals surface area contributed by atoms with Gasteiger partial charge in [0.1, 0.15) is 0 Å². The summed E-state index contributed by atoms with van der Waals surface area (Å²) >= 11 is 12.4. The van der Waals surface area contributed by atoms with Crippen LogP contribution in [0.15, 0.2) is 40.9 Å². The van der Waals surface area contributed by atoms with Gasteiger partial charge in [-0.1, -0.05) is 22.0 Å². The second kappa shape index (κ2) is 7.70. The highest BCUT2D eigenvalue weighted by molar-refractivity contribution is 14.1. The monoisotopic (exact) mass is 480 g/mol. The van der Waals surface area contributed by atoms with Crippen molar-refractivity contribution in [2.75, 3.05) is 14.2 Å². The first-order valence-electron chi connectivity index (χ1n) is 6.35. The number of hydrogen-bond acceptors (Lipinski definition) is 2. The molecule has 0 aromatic heterocycles. The average molecular weight is 482 g/mol. The highest BCUT2D eigenvalue weighted by Gasteiger charge is 2.14. The van der Waals surface area contributed by atoms with Crippen molar-refractivity contribution in [3.05, 3.63) is 55.6 Å². The molecule has 0 heterocycles. The first-order chi connectivity index (χ1) is 10.0. The van der Waals surface area contributed by atoms with Crippen LogP contribution in [0.4, 0.5) is 0 Å². The van der Waals surface area contributed by atoms with E-state index in [0.717, 1.165) is 37.1 Å². The standard InChI is InChI=1S/C16H15BrClIO2/c1-20-15-6-3-10(8-16(15)21-2)7-13(18)12-9-11(17)4-5-14(12)19/h3-6,8-9,13H,7H2,1-2H3. The first kappa shape index (κ1) is 16.9. The van der Waals surface area contributed by atoms with Crippen molar-refractivity contribution >= 4 is 50.1 Å². The molecule has 2 aromatic carbocycles. The summed E-state index contributed by atoms with van der Waals surface area (Å²) in [6.45, 7) is 0. The quantitative estimate of drug-likeness (QED) is 0.409. The van der Waals surface area contributed by atoms with Crippen molar-refractivity contribution < 1.29 is 9.47 Å². The van der Waals surface area contributed by atoms with Crippen LogP contribution in [0, 0.1) is 3.57 Å². The fourth-order valence-corrected chi connectivity index (χ4v) is 3.71. The first-order valence-corrected chi connectivity index (χ1v) is 8.66. The highest BCUT2D eigenvalue weighted by Crippen LogP contribution is 2.34. The number of halogens is 3. The van der Waals surface area contributed by atoms with E-state index in [0.29, 0.717) is 0 Å². The van der Waals surface area contributed by atoms with E-state index in [1.807, 2.05) is 24.3 Å². The van der Waals surface area contributed by atoms with Crippen molar-refractivity contribution in [1.29, 1.82) is 0 Å². The van der Waals surface area contributed by atoms with Gasteiger partial charge in [-0.15, -0.1) is 11.6 Å². The topological polar surface area (TPSA) is 18.5 Å². The summed E-state index contributed by atoms with van der Waals surface area (Å²) in [5.41, 5.74) is 2.24. The lowest BCUT2D eigenvalue weighted by Crippen LogP contribution is -2.00. The maximum atomic E-state index is 6.59. The summed E-state index contributed by atoms with van der Waals surface area (Å²) in [4.78, 5) is 0. The third kappa shape index (κ3) is 4.27. The lowest BCUT2D eigenvalue weighted by Gasteiger charge is -2.14. The predicted molar refractivity (Wildman–Crippen MR) is 98.7 cm³/mol. The van der Waals surface area contributed by atoms with Gasteiger partial charge in [0.2, 0.25) is 0 Å². The largest absolute Gasteiger partial charge is 0.493 e. The molecule has 0 fully saturated rings. The van der Waals surface area contributed by atoms with Gasteiger partial charge in [0.15, 0.2) is 11.5 Å². The highest BCUT2D eigenvalue weighted by atomic mass is 127. The molecule has 0 aliphatic rings. The van der Waals surface area contributed by atoms with Crippen LogP contribution < -0.4 is 9.47 Å². The van der Waals surface area contributed by atoms with Gasteiger partial charge in [0.05, 0.1) is 19.6 Å². The van der Waals surface area contributed by atoms with Crippen LogP contribution in [0.1, 0.15) is 16.5 Å². The Balaban J connectivity index is 2.23. The Hall–Kier alpha value is -0.460. The molecule has 2 rings (SSSR count). The minimum absolute atomic E-state index is 0.0903. The third-order valence-corrected chi connectivity index (χ3v) is 5.02. The van der Waals surface area contributed by atoms with Gasteiger partial charge in [0.25, 0.3) is 0 Å². The Labute approximate surface area is 152 Å². The van der Waals surface area contributed by atoms with Gasteiger partial charge in [-0.3, -0.25) is 0 Å². The number of alkyl halides is 1. The molecule has 0 saturated carbocycles. The molecule has 0 N–H and O–H groups in total. The molecule has 0 radical (unpaired) electrons. The zero-order valence-corrected chi connectivity index (χ0v) is 16.2. The van der Waals surface area contributed by atoms with Crippen LogP contribution in [-0.2, 0) is 6.42 Å². The van der Waals surface area contributed by atoms with E-state index >= 15 is 0 Å². The van der Waals surface area contributed by atoms with E-state index in [4.69, 9.17) is 21.1 Å². The van der Waals surface area contributed by atoms with Crippen LogP contribution >= 0.6 is 50.1 Å². The molecule has 0 spiro atoms. The van der Waals surface area contributed by atoms with Gasteiger partial charge < -0.3 is 9.47 Å². The summed E-state index contributed by atoms with van der Waals surface area (Å²) in [7, 11) is 3.27. The van der Waals surface area contributed by atoms with Gasteiger partial charge in [0, 0.05) is 8.04 Å². The minimum Gasteiger partial charge on any atom is -0.493 e. The summed E-state index contributed by atoms with van der Waals surface area (Å²) in [5, 5.41) is -0.0903. The Morgan fingerprint density at radius 1 is 1.10 bits per heavy atom. The zero-order valence-electron chi connectivity index (χ0n) is 11.7. The van der Waals surface area contributed by atoms with E-state index < -0.39 is 0 Å².